The minimum absolute atomic E-state index is 0.700. The van der Waals surface area contributed by atoms with Crippen LogP contribution in [0, 0.1) is 0 Å². The minimum Gasteiger partial charge on any atom is -0.360 e. The normalized spacial score (nSPS) is 11.7. The lowest BCUT2D eigenvalue weighted by Gasteiger charge is -2.23. The SMILES string of the molecule is C[N+](C)(C)CCCc1cc(-c2ccc[nH]2)[nH]c1C=O. The maximum absolute atomic E-state index is 11.1. The van der Waals surface area contributed by atoms with E-state index in [4.69, 9.17) is 0 Å². The molecule has 4 nitrogen and oxygen atoms in total. The number of hydrogen-bond acceptors (Lipinski definition) is 1. The average molecular weight is 260 g/mol. The highest BCUT2D eigenvalue weighted by Crippen LogP contribution is 2.20. The molecule has 0 saturated carbocycles. The van der Waals surface area contributed by atoms with Crippen molar-refractivity contribution in [3.63, 3.8) is 0 Å². The zero-order chi connectivity index (χ0) is 13.9. The van der Waals surface area contributed by atoms with Gasteiger partial charge in [-0.25, -0.2) is 0 Å². The van der Waals surface area contributed by atoms with E-state index in [1.807, 2.05) is 18.3 Å². The zero-order valence-electron chi connectivity index (χ0n) is 11.9. The lowest BCUT2D eigenvalue weighted by atomic mass is 10.1. The van der Waals surface area contributed by atoms with E-state index < -0.39 is 0 Å². The van der Waals surface area contributed by atoms with Crippen molar-refractivity contribution in [3.8, 4) is 11.4 Å². The second-order valence-corrected chi connectivity index (χ2v) is 5.94. The predicted octanol–water partition coefficient (Wildman–Crippen LogP) is 2.46. The van der Waals surface area contributed by atoms with E-state index in [9.17, 15) is 4.79 Å². The molecule has 2 aromatic rings. The molecular formula is C15H22N3O+. The number of aldehydes is 1. The molecule has 0 saturated heterocycles. The highest BCUT2D eigenvalue weighted by Gasteiger charge is 2.12. The van der Waals surface area contributed by atoms with Crippen molar-refractivity contribution in [2.75, 3.05) is 27.7 Å². The van der Waals surface area contributed by atoms with Crippen LogP contribution >= 0.6 is 0 Å². The van der Waals surface area contributed by atoms with Gasteiger partial charge in [-0.15, -0.1) is 0 Å². The minimum atomic E-state index is 0.700. The summed E-state index contributed by atoms with van der Waals surface area (Å²) in [6.07, 6.45) is 4.80. The van der Waals surface area contributed by atoms with Crippen molar-refractivity contribution in [3.05, 3.63) is 35.7 Å². The Morgan fingerprint density at radius 2 is 2.05 bits per heavy atom. The Balaban J connectivity index is 2.10. The van der Waals surface area contributed by atoms with Gasteiger partial charge < -0.3 is 14.5 Å². The molecule has 0 spiro atoms. The summed E-state index contributed by atoms with van der Waals surface area (Å²) >= 11 is 0. The molecule has 0 fully saturated rings. The third kappa shape index (κ3) is 3.58. The van der Waals surface area contributed by atoms with Gasteiger partial charge in [0.2, 0.25) is 0 Å². The smallest absolute Gasteiger partial charge is 0.166 e. The van der Waals surface area contributed by atoms with Gasteiger partial charge >= 0.3 is 0 Å². The van der Waals surface area contributed by atoms with Crippen LogP contribution in [0.1, 0.15) is 22.5 Å². The van der Waals surface area contributed by atoms with E-state index in [0.717, 1.165) is 47.1 Å². The quantitative estimate of drug-likeness (QED) is 0.608. The van der Waals surface area contributed by atoms with Crippen LogP contribution in [0.4, 0.5) is 0 Å². The van der Waals surface area contributed by atoms with Crippen LogP contribution in [-0.2, 0) is 6.42 Å². The van der Waals surface area contributed by atoms with Gasteiger partial charge in [-0.1, -0.05) is 0 Å². The molecule has 0 radical (unpaired) electrons. The summed E-state index contributed by atoms with van der Waals surface area (Å²) in [5.74, 6) is 0. The molecule has 2 N–H and O–H groups in total. The van der Waals surface area contributed by atoms with Crippen LogP contribution in [-0.4, -0.2) is 48.4 Å². The number of carbonyl (C=O) groups is 1. The van der Waals surface area contributed by atoms with Gasteiger partial charge in [0.25, 0.3) is 0 Å². The third-order valence-corrected chi connectivity index (χ3v) is 3.21. The number of aromatic nitrogens is 2. The summed E-state index contributed by atoms with van der Waals surface area (Å²) in [6.45, 7) is 1.10. The van der Waals surface area contributed by atoms with Gasteiger partial charge in [0.15, 0.2) is 6.29 Å². The summed E-state index contributed by atoms with van der Waals surface area (Å²) < 4.78 is 0.949. The van der Waals surface area contributed by atoms with Crippen molar-refractivity contribution in [2.45, 2.75) is 12.8 Å². The van der Waals surface area contributed by atoms with Crippen LogP contribution in [0.3, 0.4) is 0 Å². The van der Waals surface area contributed by atoms with Crippen LogP contribution in [0.5, 0.6) is 0 Å². The second kappa shape index (κ2) is 5.45. The van der Waals surface area contributed by atoms with Crippen molar-refractivity contribution in [1.82, 2.24) is 9.97 Å². The topological polar surface area (TPSA) is 48.6 Å². The van der Waals surface area contributed by atoms with E-state index >= 15 is 0 Å². The molecule has 0 unspecified atom stereocenters. The first-order valence-corrected chi connectivity index (χ1v) is 6.61. The first-order chi connectivity index (χ1) is 8.99. The molecule has 2 heterocycles. The van der Waals surface area contributed by atoms with Crippen molar-refractivity contribution in [2.24, 2.45) is 0 Å². The molecule has 4 heteroatoms. The fourth-order valence-corrected chi connectivity index (χ4v) is 2.21. The highest BCUT2D eigenvalue weighted by molar-refractivity contribution is 5.77. The maximum Gasteiger partial charge on any atom is 0.166 e. The van der Waals surface area contributed by atoms with Crippen LogP contribution < -0.4 is 0 Å². The number of carbonyl (C=O) groups excluding carboxylic acids is 1. The number of quaternary nitrogens is 1. The van der Waals surface area contributed by atoms with Gasteiger partial charge in [-0.2, -0.15) is 0 Å². The predicted molar refractivity (Wildman–Crippen MR) is 77.2 cm³/mol. The summed E-state index contributed by atoms with van der Waals surface area (Å²) in [5.41, 5.74) is 3.80. The Kier molecular flexibility index (Phi) is 3.90. The fourth-order valence-electron chi connectivity index (χ4n) is 2.21. The fraction of sp³-hybridized carbons (Fsp3) is 0.400. The first kappa shape index (κ1) is 13.6. The van der Waals surface area contributed by atoms with E-state index in [2.05, 4.69) is 37.2 Å². The number of hydrogen-bond donors (Lipinski definition) is 2. The molecule has 0 aliphatic carbocycles. The van der Waals surface area contributed by atoms with Gasteiger partial charge in [0.05, 0.1) is 44.8 Å². The summed E-state index contributed by atoms with van der Waals surface area (Å²) in [5, 5.41) is 0. The van der Waals surface area contributed by atoms with Crippen LogP contribution in [0.2, 0.25) is 0 Å². The standard InChI is InChI=1S/C15H21N3O/c1-18(2,3)9-5-6-12-10-14(17-15(12)11-19)13-7-4-8-16-13/h4,7-8,10-11H,5-6,9H2,1-3H3,(H-,16,17,19)/p+1. The van der Waals surface area contributed by atoms with Gasteiger partial charge in [-0.05, 0) is 30.2 Å². The number of rotatable bonds is 6. The molecule has 0 aliphatic heterocycles. The zero-order valence-corrected chi connectivity index (χ0v) is 11.9. The number of nitrogens with one attached hydrogen (secondary N) is 2. The van der Waals surface area contributed by atoms with E-state index in [-0.39, 0.29) is 0 Å². The Labute approximate surface area is 114 Å². The summed E-state index contributed by atoms with van der Waals surface area (Å²) in [7, 11) is 6.55. The first-order valence-electron chi connectivity index (χ1n) is 6.61. The highest BCUT2D eigenvalue weighted by atomic mass is 16.1. The van der Waals surface area contributed by atoms with Crippen molar-refractivity contribution < 1.29 is 9.28 Å². The molecule has 0 aliphatic rings. The monoisotopic (exact) mass is 260 g/mol. The number of H-pyrrole nitrogens is 2. The maximum atomic E-state index is 11.1. The van der Waals surface area contributed by atoms with E-state index in [0.29, 0.717) is 5.69 Å². The van der Waals surface area contributed by atoms with Crippen molar-refractivity contribution >= 4 is 6.29 Å². The molecule has 0 aromatic carbocycles. The Morgan fingerprint density at radius 3 is 2.63 bits per heavy atom. The number of aromatic amines is 2. The third-order valence-electron chi connectivity index (χ3n) is 3.21. The van der Waals surface area contributed by atoms with Gasteiger partial charge in [0.1, 0.15) is 0 Å². The van der Waals surface area contributed by atoms with E-state index in [1.165, 1.54) is 0 Å². The van der Waals surface area contributed by atoms with E-state index in [1.54, 1.807) is 0 Å². The molecule has 2 aromatic heterocycles. The lowest BCUT2D eigenvalue weighted by Crippen LogP contribution is -2.35. The molecule has 2 rings (SSSR count). The van der Waals surface area contributed by atoms with Gasteiger partial charge in [-0.3, -0.25) is 4.79 Å². The average Bonchev–Trinajstić information content (AvgIpc) is 2.95. The second-order valence-electron chi connectivity index (χ2n) is 5.94. The van der Waals surface area contributed by atoms with Crippen molar-refractivity contribution in [1.29, 1.82) is 0 Å². The van der Waals surface area contributed by atoms with Crippen LogP contribution in [0.15, 0.2) is 24.4 Å². The summed E-state index contributed by atoms with van der Waals surface area (Å²) in [4.78, 5) is 17.5. The molecule has 0 bridgehead atoms. The summed E-state index contributed by atoms with van der Waals surface area (Å²) in [6, 6.07) is 6.02. The molecule has 0 atom stereocenters. The lowest BCUT2D eigenvalue weighted by molar-refractivity contribution is -0.870. The van der Waals surface area contributed by atoms with Gasteiger partial charge in [0, 0.05) is 12.6 Å². The molecule has 102 valence electrons. The Hall–Kier alpha value is -1.81. The molecule has 0 amide bonds. The largest absolute Gasteiger partial charge is 0.360 e. The van der Waals surface area contributed by atoms with Crippen LogP contribution in [0.25, 0.3) is 11.4 Å². The number of aryl methyl sites for hydroxylation is 1. The molecular weight excluding hydrogens is 238 g/mol. The Morgan fingerprint density at radius 1 is 1.26 bits per heavy atom. The number of nitrogens with zero attached hydrogens (tertiary/aromatic N) is 1. The molecule has 19 heavy (non-hydrogen) atoms. The Bertz CT molecular complexity index is 532.